The summed E-state index contributed by atoms with van der Waals surface area (Å²) >= 11 is 0. The van der Waals surface area contributed by atoms with Crippen molar-refractivity contribution in [3.05, 3.63) is 41.5 Å². The first-order chi connectivity index (χ1) is 11.5. The number of nitrogens with zero attached hydrogens (tertiary/aromatic N) is 3. The zero-order valence-corrected chi connectivity index (χ0v) is 14.5. The van der Waals surface area contributed by atoms with Gasteiger partial charge in [0.05, 0.1) is 6.54 Å². The van der Waals surface area contributed by atoms with Crippen LogP contribution in [0.1, 0.15) is 62.9 Å². The molecule has 1 amide bonds. The van der Waals surface area contributed by atoms with Crippen LogP contribution in [-0.4, -0.2) is 22.6 Å². The quantitative estimate of drug-likeness (QED) is 0.882. The summed E-state index contributed by atoms with van der Waals surface area (Å²) < 4.78 is 5.21. The highest BCUT2D eigenvalue weighted by Crippen LogP contribution is 2.23. The van der Waals surface area contributed by atoms with Gasteiger partial charge in [0.15, 0.2) is 5.82 Å². The lowest BCUT2D eigenvalue weighted by Crippen LogP contribution is -2.24. The Morgan fingerprint density at radius 3 is 2.58 bits per heavy atom. The molecule has 1 aliphatic rings. The van der Waals surface area contributed by atoms with Crippen molar-refractivity contribution in [3.63, 3.8) is 0 Å². The number of carbonyl (C=O) groups excluding carboxylic acids is 1. The smallest absolute Gasteiger partial charge is 0.229 e. The fourth-order valence-corrected chi connectivity index (χ4v) is 2.80. The van der Waals surface area contributed by atoms with Crippen LogP contribution in [0.2, 0.25) is 0 Å². The van der Waals surface area contributed by atoms with E-state index in [0.29, 0.717) is 24.7 Å². The summed E-state index contributed by atoms with van der Waals surface area (Å²) in [7, 11) is 0. The molecule has 0 aliphatic carbocycles. The molecule has 1 saturated heterocycles. The summed E-state index contributed by atoms with van der Waals surface area (Å²) in [4.78, 5) is 18.0. The Bertz CT molecular complexity index is 693. The Morgan fingerprint density at radius 1 is 1.25 bits per heavy atom. The minimum Gasteiger partial charge on any atom is -0.339 e. The number of hydrogen-bond donors (Lipinski definition) is 1. The van der Waals surface area contributed by atoms with E-state index < -0.39 is 0 Å². The normalized spacial score (nSPS) is 16.2. The highest BCUT2D eigenvalue weighted by molar-refractivity contribution is 5.95. The topological polar surface area (TPSA) is 71.3 Å². The van der Waals surface area contributed by atoms with Crippen LogP contribution in [0.5, 0.6) is 0 Å². The van der Waals surface area contributed by atoms with E-state index in [1.807, 2.05) is 30.9 Å². The van der Waals surface area contributed by atoms with Crippen LogP contribution >= 0.6 is 0 Å². The number of aromatic nitrogens is 2. The Hall–Kier alpha value is -2.21. The fraction of sp³-hybridized carbons (Fsp3) is 0.500. The average molecular weight is 328 g/mol. The molecule has 0 saturated carbocycles. The number of amides is 1. The average Bonchev–Trinajstić information content (AvgIpc) is 3.22. The molecule has 0 spiro atoms. The Labute approximate surface area is 142 Å². The van der Waals surface area contributed by atoms with E-state index >= 15 is 0 Å². The summed E-state index contributed by atoms with van der Waals surface area (Å²) in [5.41, 5.74) is 2.14. The van der Waals surface area contributed by atoms with Crippen molar-refractivity contribution in [2.24, 2.45) is 0 Å². The fourth-order valence-electron chi connectivity index (χ4n) is 2.80. The van der Waals surface area contributed by atoms with Gasteiger partial charge in [-0.2, -0.15) is 4.98 Å². The Kier molecular flexibility index (Phi) is 4.94. The molecule has 1 atom stereocenters. The molecule has 1 aliphatic heterocycles. The van der Waals surface area contributed by atoms with Gasteiger partial charge in [0.25, 0.3) is 0 Å². The number of anilines is 1. The maximum Gasteiger partial charge on any atom is 0.229 e. The van der Waals surface area contributed by atoms with Gasteiger partial charge in [-0.15, -0.1) is 0 Å². The van der Waals surface area contributed by atoms with E-state index in [1.54, 1.807) is 0 Å². The molecular weight excluding hydrogens is 304 g/mol. The van der Waals surface area contributed by atoms with Gasteiger partial charge < -0.3 is 14.7 Å². The molecule has 2 aromatic rings. The Morgan fingerprint density at radius 2 is 2.00 bits per heavy atom. The zero-order chi connectivity index (χ0) is 17.1. The minimum atomic E-state index is 0.161. The molecule has 2 heterocycles. The second kappa shape index (κ2) is 7.13. The number of benzene rings is 1. The third-order valence-electron chi connectivity index (χ3n) is 4.32. The second-order valence-electron chi connectivity index (χ2n) is 6.55. The Balaban J connectivity index is 1.58. The molecule has 0 bridgehead atoms. The molecule has 6 heteroatoms. The van der Waals surface area contributed by atoms with Gasteiger partial charge in [0, 0.05) is 30.6 Å². The first kappa shape index (κ1) is 16.6. The van der Waals surface area contributed by atoms with Crippen LogP contribution in [0.15, 0.2) is 28.8 Å². The van der Waals surface area contributed by atoms with Gasteiger partial charge in [-0.3, -0.25) is 4.79 Å². The second-order valence-corrected chi connectivity index (χ2v) is 6.55. The highest BCUT2D eigenvalue weighted by atomic mass is 16.5. The van der Waals surface area contributed by atoms with Gasteiger partial charge in [0.1, 0.15) is 0 Å². The molecule has 0 radical (unpaired) electrons. The summed E-state index contributed by atoms with van der Waals surface area (Å²) in [5, 5.41) is 7.38. The largest absolute Gasteiger partial charge is 0.339 e. The first-order valence-electron chi connectivity index (χ1n) is 8.51. The molecule has 1 fully saturated rings. The molecular formula is C18H24N4O2. The van der Waals surface area contributed by atoms with Crippen LogP contribution in [0.4, 0.5) is 5.69 Å². The molecule has 6 nitrogen and oxygen atoms in total. The SMILES string of the molecule is CC(C)c1nc(CNC(C)c2ccc(N3CCCC3=O)cc2)no1. The first-order valence-corrected chi connectivity index (χ1v) is 8.51. The van der Waals surface area contributed by atoms with Crippen molar-refractivity contribution in [1.29, 1.82) is 0 Å². The molecule has 1 aromatic carbocycles. The van der Waals surface area contributed by atoms with Gasteiger partial charge in [-0.25, -0.2) is 0 Å². The van der Waals surface area contributed by atoms with Crippen molar-refractivity contribution in [3.8, 4) is 0 Å². The molecule has 3 rings (SSSR count). The summed E-state index contributed by atoms with van der Waals surface area (Å²) in [5.74, 6) is 1.79. The molecule has 24 heavy (non-hydrogen) atoms. The van der Waals surface area contributed by atoms with Gasteiger partial charge in [-0.1, -0.05) is 31.1 Å². The third-order valence-corrected chi connectivity index (χ3v) is 4.32. The van der Waals surface area contributed by atoms with E-state index in [0.717, 1.165) is 24.2 Å². The standard InChI is InChI=1S/C18H24N4O2/c1-12(2)18-20-16(21-24-18)11-19-13(3)14-6-8-15(9-7-14)22-10-4-5-17(22)23/h6-9,12-13,19H,4-5,10-11H2,1-3H3. The lowest BCUT2D eigenvalue weighted by Gasteiger charge is -2.18. The highest BCUT2D eigenvalue weighted by Gasteiger charge is 2.21. The molecule has 1 aromatic heterocycles. The van der Waals surface area contributed by atoms with Crippen LogP contribution in [0, 0.1) is 0 Å². The lowest BCUT2D eigenvalue weighted by atomic mass is 10.1. The monoisotopic (exact) mass is 328 g/mol. The van der Waals surface area contributed by atoms with Gasteiger partial charge >= 0.3 is 0 Å². The van der Waals surface area contributed by atoms with Crippen LogP contribution in [0.3, 0.4) is 0 Å². The van der Waals surface area contributed by atoms with Crippen LogP contribution in [-0.2, 0) is 11.3 Å². The third kappa shape index (κ3) is 3.64. The predicted molar refractivity (Wildman–Crippen MR) is 91.7 cm³/mol. The number of rotatable bonds is 6. The summed E-state index contributed by atoms with van der Waals surface area (Å²) in [6.45, 7) is 7.53. The van der Waals surface area contributed by atoms with E-state index in [1.165, 1.54) is 0 Å². The van der Waals surface area contributed by atoms with Crippen molar-refractivity contribution in [1.82, 2.24) is 15.5 Å². The number of hydrogen-bond acceptors (Lipinski definition) is 5. The van der Waals surface area contributed by atoms with E-state index in [2.05, 4.69) is 34.5 Å². The molecule has 1 N–H and O–H groups in total. The number of nitrogens with one attached hydrogen (secondary N) is 1. The van der Waals surface area contributed by atoms with E-state index in [9.17, 15) is 4.79 Å². The van der Waals surface area contributed by atoms with E-state index in [4.69, 9.17) is 4.52 Å². The lowest BCUT2D eigenvalue weighted by molar-refractivity contribution is -0.117. The van der Waals surface area contributed by atoms with Crippen molar-refractivity contribution < 1.29 is 9.32 Å². The van der Waals surface area contributed by atoms with Crippen molar-refractivity contribution in [2.75, 3.05) is 11.4 Å². The predicted octanol–water partition coefficient (Wildman–Crippen LogP) is 3.17. The van der Waals surface area contributed by atoms with Crippen LogP contribution < -0.4 is 10.2 Å². The van der Waals surface area contributed by atoms with Gasteiger partial charge in [-0.05, 0) is 31.0 Å². The maximum atomic E-state index is 11.8. The van der Waals surface area contributed by atoms with Gasteiger partial charge in [0.2, 0.25) is 11.8 Å². The molecule has 128 valence electrons. The maximum absolute atomic E-state index is 11.8. The van der Waals surface area contributed by atoms with Crippen molar-refractivity contribution in [2.45, 2.75) is 52.1 Å². The summed E-state index contributed by atoms with van der Waals surface area (Å²) in [6.07, 6.45) is 1.60. The summed E-state index contributed by atoms with van der Waals surface area (Å²) in [6, 6.07) is 8.32. The zero-order valence-electron chi connectivity index (χ0n) is 14.5. The van der Waals surface area contributed by atoms with Crippen LogP contribution in [0.25, 0.3) is 0 Å². The molecule has 1 unspecified atom stereocenters. The van der Waals surface area contributed by atoms with E-state index in [-0.39, 0.29) is 17.9 Å². The minimum absolute atomic E-state index is 0.161. The van der Waals surface area contributed by atoms with Crippen molar-refractivity contribution >= 4 is 11.6 Å². The number of carbonyl (C=O) groups is 1.